The molecule has 0 amide bonds. The van der Waals surface area contributed by atoms with Crippen LogP contribution in [0.2, 0.25) is 0 Å². The average molecular weight is 285 g/mol. The Labute approximate surface area is 125 Å². The van der Waals surface area contributed by atoms with Crippen LogP contribution in [0.25, 0.3) is 0 Å². The Hall–Kier alpha value is -1.68. The monoisotopic (exact) mass is 285 g/mol. The van der Waals surface area contributed by atoms with Crippen molar-refractivity contribution in [3.63, 3.8) is 0 Å². The fourth-order valence-electron chi connectivity index (χ4n) is 2.55. The molecule has 2 aromatic rings. The van der Waals surface area contributed by atoms with Crippen LogP contribution in [-0.2, 0) is 11.8 Å². The fraction of sp³-hybridized carbons (Fsp3) is 0.529. The van der Waals surface area contributed by atoms with Crippen LogP contribution in [0.4, 0.5) is 0 Å². The number of nitrogens with two attached hydrogens (primary N) is 1. The third kappa shape index (κ3) is 2.72. The molecule has 0 aliphatic heterocycles. The summed E-state index contributed by atoms with van der Waals surface area (Å²) in [4.78, 5) is 4.62. The predicted molar refractivity (Wildman–Crippen MR) is 81.9 cm³/mol. The maximum absolute atomic E-state index is 6.20. The Morgan fingerprint density at radius 3 is 2.48 bits per heavy atom. The summed E-state index contributed by atoms with van der Waals surface area (Å²) in [5, 5.41) is 4.22. The number of hydrogen-bond acceptors (Lipinski definition) is 4. The van der Waals surface area contributed by atoms with Crippen LogP contribution in [0.15, 0.2) is 34.9 Å². The molecule has 1 aliphatic carbocycles. The van der Waals surface area contributed by atoms with Gasteiger partial charge in [-0.2, -0.15) is 4.98 Å². The van der Waals surface area contributed by atoms with Crippen molar-refractivity contribution >= 4 is 0 Å². The Balaban J connectivity index is 1.80. The zero-order valence-corrected chi connectivity index (χ0v) is 13.0. The zero-order valence-electron chi connectivity index (χ0n) is 13.0. The third-order valence-corrected chi connectivity index (χ3v) is 4.48. The molecule has 0 radical (unpaired) electrons. The molecular weight excluding hydrogens is 262 g/mol. The summed E-state index contributed by atoms with van der Waals surface area (Å²) in [6, 6.07) is 10.5. The third-order valence-electron chi connectivity index (χ3n) is 4.48. The molecule has 4 nitrogen and oxygen atoms in total. The van der Waals surface area contributed by atoms with Crippen LogP contribution in [0, 0.1) is 5.41 Å². The van der Waals surface area contributed by atoms with E-state index in [-0.39, 0.29) is 16.9 Å². The van der Waals surface area contributed by atoms with E-state index in [2.05, 4.69) is 55.2 Å². The normalized spacial score (nSPS) is 18.5. The topological polar surface area (TPSA) is 64.9 Å². The van der Waals surface area contributed by atoms with Gasteiger partial charge in [0, 0.05) is 12.5 Å². The van der Waals surface area contributed by atoms with Crippen molar-refractivity contribution in [2.24, 2.45) is 11.1 Å². The Morgan fingerprint density at radius 2 is 1.90 bits per heavy atom. The summed E-state index contributed by atoms with van der Waals surface area (Å²) in [5.74, 6) is 1.46. The summed E-state index contributed by atoms with van der Waals surface area (Å²) in [6.07, 6.45) is 2.80. The van der Waals surface area contributed by atoms with Gasteiger partial charge in [0.1, 0.15) is 0 Å². The van der Waals surface area contributed by atoms with Crippen molar-refractivity contribution in [2.75, 3.05) is 0 Å². The fourth-order valence-corrected chi connectivity index (χ4v) is 2.55. The standard InChI is InChI=1S/C17H23N3O/c1-16(2,3)13(18)11-14-19-15(20-21-14)17(9-10-17)12-7-5-4-6-8-12/h4-8,13H,9-11,18H2,1-3H3. The maximum atomic E-state index is 6.20. The molecular formula is C17H23N3O. The van der Waals surface area contributed by atoms with Gasteiger partial charge in [-0.3, -0.25) is 0 Å². The minimum absolute atomic E-state index is 0.0117. The maximum Gasteiger partial charge on any atom is 0.228 e. The van der Waals surface area contributed by atoms with Crippen LogP contribution < -0.4 is 5.73 Å². The first-order chi connectivity index (χ1) is 9.92. The Bertz CT molecular complexity index is 608. The summed E-state index contributed by atoms with van der Waals surface area (Å²) in [7, 11) is 0. The number of hydrogen-bond donors (Lipinski definition) is 1. The van der Waals surface area contributed by atoms with Gasteiger partial charge < -0.3 is 10.3 Å². The van der Waals surface area contributed by atoms with E-state index < -0.39 is 0 Å². The molecule has 1 aliphatic rings. The molecule has 1 heterocycles. The van der Waals surface area contributed by atoms with Gasteiger partial charge in [0.05, 0.1) is 5.41 Å². The highest BCUT2D eigenvalue weighted by atomic mass is 16.5. The lowest BCUT2D eigenvalue weighted by molar-refractivity contribution is 0.285. The molecule has 0 bridgehead atoms. The number of nitrogens with zero attached hydrogens (tertiary/aromatic N) is 2. The van der Waals surface area contributed by atoms with Crippen LogP contribution in [-0.4, -0.2) is 16.2 Å². The number of rotatable bonds is 4. The average Bonchev–Trinajstić information content (AvgIpc) is 3.13. The van der Waals surface area contributed by atoms with Gasteiger partial charge in [-0.05, 0) is 23.8 Å². The molecule has 21 heavy (non-hydrogen) atoms. The molecule has 2 N–H and O–H groups in total. The molecule has 0 saturated heterocycles. The van der Waals surface area contributed by atoms with Crippen molar-refractivity contribution in [2.45, 2.75) is 51.5 Å². The minimum atomic E-state index is -0.0329. The van der Waals surface area contributed by atoms with Gasteiger partial charge in [0.2, 0.25) is 5.89 Å². The van der Waals surface area contributed by atoms with E-state index in [1.165, 1.54) is 5.56 Å². The smallest absolute Gasteiger partial charge is 0.228 e. The van der Waals surface area contributed by atoms with E-state index >= 15 is 0 Å². The lowest BCUT2D eigenvalue weighted by Gasteiger charge is -2.25. The molecule has 1 saturated carbocycles. The first-order valence-electron chi connectivity index (χ1n) is 7.56. The van der Waals surface area contributed by atoms with E-state index in [1.807, 2.05) is 6.07 Å². The van der Waals surface area contributed by atoms with E-state index in [1.54, 1.807) is 0 Å². The largest absolute Gasteiger partial charge is 0.339 e. The first kappa shape index (κ1) is 14.3. The highest BCUT2D eigenvalue weighted by molar-refractivity contribution is 5.38. The molecule has 112 valence electrons. The summed E-state index contributed by atoms with van der Waals surface area (Å²) < 4.78 is 5.44. The SMILES string of the molecule is CC(C)(C)C(N)Cc1nc(C2(c3ccccc3)CC2)no1. The van der Waals surface area contributed by atoms with Crippen molar-refractivity contribution in [3.05, 3.63) is 47.6 Å². The van der Waals surface area contributed by atoms with E-state index in [9.17, 15) is 0 Å². The second-order valence-corrected chi connectivity index (χ2v) is 7.14. The van der Waals surface area contributed by atoms with Crippen LogP contribution >= 0.6 is 0 Å². The molecule has 1 aromatic carbocycles. The lowest BCUT2D eigenvalue weighted by Crippen LogP contribution is -2.37. The zero-order chi connectivity index (χ0) is 15.1. The second-order valence-electron chi connectivity index (χ2n) is 7.14. The van der Waals surface area contributed by atoms with Crippen LogP contribution in [0.5, 0.6) is 0 Å². The van der Waals surface area contributed by atoms with E-state index in [0.717, 1.165) is 18.7 Å². The molecule has 1 aromatic heterocycles. The molecule has 4 heteroatoms. The summed E-state index contributed by atoms with van der Waals surface area (Å²) in [6.45, 7) is 6.38. The van der Waals surface area contributed by atoms with Gasteiger partial charge in [-0.15, -0.1) is 0 Å². The minimum Gasteiger partial charge on any atom is -0.339 e. The quantitative estimate of drug-likeness (QED) is 0.937. The molecule has 0 spiro atoms. The van der Waals surface area contributed by atoms with E-state index in [0.29, 0.717) is 12.3 Å². The highest BCUT2D eigenvalue weighted by Gasteiger charge is 2.49. The van der Waals surface area contributed by atoms with Gasteiger partial charge in [-0.25, -0.2) is 0 Å². The molecule has 1 unspecified atom stereocenters. The first-order valence-corrected chi connectivity index (χ1v) is 7.56. The number of benzene rings is 1. The second kappa shape index (κ2) is 4.95. The van der Waals surface area contributed by atoms with Crippen molar-refractivity contribution in [1.82, 2.24) is 10.1 Å². The highest BCUT2D eigenvalue weighted by Crippen LogP contribution is 2.52. The Kier molecular flexibility index (Phi) is 3.36. The summed E-state index contributed by atoms with van der Waals surface area (Å²) in [5.41, 5.74) is 7.48. The molecule has 1 atom stereocenters. The van der Waals surface area contributed by atoms with Crippen molar-refractivity contribution in [1.29, 1.82) is 0 Å². The predicted octanol–water partition coefficient (Wildman–Crippen LogP) is 3.07. The van der Waals surface area contributed by atoms with Gasteiger partial charge in [-0.1, -0.05) is 56.3 Å². The van der Waals surface area contributed by atoms with Gasteiger partial charge in [0.25, 0.3) is 0 Å². The van der Waals surface area contributed by atoms with Gasteiger partial charge >= 0.3 is 0 Å². The van der Waals surface area contributed by atoms with Crippen LogP contribution in [0.1, 0.15) is 50.9 Å². The van der Waals surface area contributed by atoms with Crippen molar-refractivity contribution < 1.29 is 4.52 Å². The summed E-state index contributed by atoms with van der Waals surface area (Å²) >= 11 is 0. The number of aromatic nitrogens is 2. The van der Waals surface area contributed by atoms with Crippen molar-refractivity contribution in [3.8, 4) is 0 Å². The van der Waals surface area contributed by atoms with Crippen LogP contribution in [0.3, 0.4) is 0 Å². The Morgan fingerprint density at radius 1 is 1.24 bits per heavy atom. The molecule has 1 fully saturated rings. The lowest BCUT2D eigenvalue weighted by atomic mass is 9.85. The van der Waals surface area contributed by atoms with Gasteiger partial charge in [0.15, 0.2) is 5.82 Å². The van der Waals surface area contributed by atoms with E-state index in [4.69, 9.17) is 10.3 Å². The molecule has 3 rings (SSSR count).